The lowest BCUT2D eigenvalue weighted by Gasteiger charge is -2.43. The van der Waals surface area contributed by atoms with E-state index in [0.29, 0.717) is 16.9 Å². The van der Waals surface area contributed by atoms with E-state index in [2.05, 4.69) is 14.9 Å². The predicted molar refractivity (Wildman–Crippen MR) is 166 cm³/mol. The standard InChI is InChI=1S/C30H25N5O7S3/c36-23(14-18-4-2-1-3-5-18)32-25-28(37)34-26(30(38)42-16-19-8-12-22(13-9-19)35(39)40)27(45(41)29(25)34)21-10-6-20(7-11-21)17-43-24-15-31-33-44-24/h1-13,15,25-27,29H,14,16-17H2,(H,32,36)/t25-,26-,27-,29-,45?/m1/s1. The molecule has 5 atom stereocenters. The Kier molecular flexibility index (Phi) is 9.00. The van der Waals surface area contributed by atoms with Gasteiger partial charge in [-0.25, -0.2) is 4.79 Å². The van der Waals surface area contributed by atoms with E-state index in [4.69, 9.17) is 4.74 Å². The zero-order valence-corrected chi connectivity index (χ0v) is 25.8. The highest BCUT2D eigenvalue weighted by molar-refractivity contribution is 8.00. The number of hydrogen-bond acceptors (Lipinski definition) is 11. The van der Waals surface area contributed by atoms with E-state index in [-0.39, 0.29) is 18.7 Å². The number of aromatic nitrogens is 2. The molecule has 3 heterocycles. The van der Waals surface area contributed by atoms with Crippen LogP contribution in [0.15, 0.2) is 89.3 Å². The molecule has 15 heteroatoms. The molecular formula is C30H25N5O7S3. The largest absolute Gasteiger partial charge is 0.459 e. The number of nitrogens with zero attached hydrogens (tertiary/aromatic N) is 4. The summed E-state index contributed by atoms with van der Waals surface area (Å²) in [7, 11) is -1.76. The summed E-state index contributed by atoms with van der Waals surface area (Å²) in [5.74, 6) is -1.01. The average Bonchev–Trinajstić information content (AvgIpc) is 3.67. The number of β-lactam (4-membered cyclic amide) rings is 1. The quantitative estimate of drug-likeness (QED) is 0.0826. The molecule has 0 radical (unpaired) electrons. The number of benzene rings is 3. The highest BCUT2D eigenvalue weighted by Gasteiger charge is 2.65. The fourth-order valence-electron chi connectivity index (χ4n) is 5.28. The Morgan fingerprint density at radius 3 is 2.40 bits per heavy atom. The third kappa shape index (κ3) is 6.50. The molecule has 1 aromatic heterocycles. The predicted octanol–water partition coefficient (Wildman–Crippen LogP) is 3.55. The van der Waals surface area contributed by atoms with Crippen molar-refractivity contribution in [3.63, 3.8) is 0 Å². The Labute approximate surface area is 267 Å². The van der Waals surface area contributed by atoms with Crippen molar-refractivity contribution < 1.29 is 28.3 Å². The van der Waals surface area contributed by atoms with Gasteiger partial charge >= 0.3 is 5.97 Å². The van der Waals surface area contributed by atoms with Crippen LogP contribution < -0.4 is 5.32 Å². The summed E-state index contributed by atoms with van der Waals surface area (Å²) in [6, 6.07) is 19.7. The van der Waals surface area contributed by atoms with E-state index in [1.54, 1.807) is 42.2 Å². The molecule has 1 unspecified atom stereocenters. The maximum Gasteiger partial charge on any atom is 0.330 e. The van der Waals surface area contributed by atoms with Crippen molar-refractivity contribution in [1.29, 1.82) is 0 Å². The van der Waals surface area contributed by atoms with Crippen LogP contribution in [0.3, 0.4) is 0 Å². The van der Waals surface area contributed by atoms with Gasteiger partial charge in [-0.3, -0.25) is 23.9 Å². The molecule has 45 heavy (non-hydrogen) atoms. The molecule has 2 aliphatic heterocycles. The molecule has 6 rings (SSSR count). The van der Waals surface area contributed by atoms with Crippen LogP contribution in [-0.2, 0) is 48.7 Å². The molecule has 230 valence electrons. The lowest BCUT2D eigenvalue weighted by Crippen LogP contribution is -2.71. The number of carbonyl (C=O) groups excluding carboxylic acids is 3. The number of nitro benzene ring substituents is 1. The second-order valence-electron chi connectivity index (χ2n) is 10.3. The van der Waals surface area contributed by atoms with Gasteiger partial charge in [0.15, 0.2) is 0 Å². The molecule has 4 aromatic rings. The van der Waals surface area contributed by atoms with Gasteiger partial charge < -0.3 is 15.0 Å². The van der Waals surface area contributed by atoms with Gasteiger partial charge in [0.2, 0.25) is 11.8 Å². The van der Waals surface area contributed by atoms with Crippen molar-refractivity contribution in [3.8, 4) is 0 Å². The fourth-order valence-corrected chi connectivity index (χ4v) is 8.79. The van der Waals surface area contributed by atoms with Crippen LogP contribution in [0, 0.1) is 10.1 Å². The monoisotopic (exact) mass is 663 g/mol. The van der Waals surface area contributed by atoms with Gasteiger partial charge in [0.25, 0.3) is 5.69 Å². The SMILES string of the molecule is O=C(Cc1ccccc1)N[C@@H]1C(=O)N2[C@@H]1S(=O)[C@H](c1ccc(CSc3cnns3)cc1)[C@@H]2C(=O)OCc1ccc([N+](=O)[O-])cc1. The number of amides is 2. The van der Waals surface area contributed by atoms with Gasteiger partial charge in [0, 0.05) is 17.9 Å². The summed E-state index contributed by atoms with van der Waals surface area (Å²) in [5.41, 5.74) is 2.76. The second-order valence-corrected chi connectivity index (χ2v) is 14.0. The Bertz CT molecular complexity index is 1740. The van der Waals surface area contributed by atoms with E-state index in [1.165, 1.54) is 40.7 Å². The summed E-state index contributed by atoms with van der Waals surface area (Å²) >= 11 is 2.88. The summed E-state index contributed by atoms with van der Waals surface area (Å²) in [5, 5.41) is 15.7. The van der Waals surface area contributed by atoms with Gasteiger partial charge in [-0.15, -0.1) is 16.9 Å². The molecule has 3 aromatic carbocycles. The number of fused-ring (bicyclic) bond motifs is 1. The van der Waals surface area contributed by atoms with E-state index in [9.17, 15) is 28.7 Å². The lowest BCUT2D eigenvalue weighted by atomic mass is 9.97. The summed E-state index contributed by atoms with van der Waals surface area (Å²) in [4.78, 5) is 51.5. The third-order valence-corrected chi connectivity index (χ3v) is 11.4. The Morgan fingerprint density at radius 1 is 1.02 bits per heavy atom. The molecule has 2 amide bonds. The lowest BCUT2D eigenvalue weighted by molar-refractivity contribution is -0.384. The zero-order chi connectivity index (χ0) is 31.5. The van der Waals surface area contributed by atoms with Crippen LogP contribution in [0.5, 0.6) is 0 Å². The number of esters is 1. The first-order valence-corrected chi connectivity index (χ1v) is 16.8. The van der Waals surface area contributed by atoms with Crippen molar-refractivity contribution in [2.45, 2.75) is 45.7 Å². The second kappa shape index (κ2) is 13.3. The summed E-state index contributed by atoms with van der Waals surface area (Å²) < 4.78 is 24.4. The molecule has 1 N–H and O–H groups in total. The van der Waals surface area contributed by atoms with Gasteiger partial charge in [-0.1, -0.05) is 59.1 Å². The van der Waals surface area contributed by atoms with Crippen molar-refractivity contribution in [1.82, 2.24) is 19.8 Å². The van der Waals surface area contributed by atoms with Gasteiger partial charge in [-0.05, 0) is 45.9 Å². The van der Waals surface area contributed by atoms with Crippen molar-refractivity contribution in [2.24, 2.45) is 0 Å². The zero-order valence-electron chi connectivity index (χ0n) is 23.4. The van der Waals surface area contributed by atoms with Crippen LogP contribution in [0.1, 0.15) is 27.5 Å². The number of rotatable bonds is 11. The van der Waals surface area contributed by atoms with Gasteiger partial charge in [0.1, 0.15) is 28.3 Å². The summed E-state index contributed by atoms with van der Waals surface area (Å²) in [6.45, 7) is -0.195. The number of non-ortho nitro benzene ring substituents is 1. The number of hydrogen-bond donors (Lipinski definition) is 1. The summed E-state index contributed by atoms with van der Waals surface area (Å²) in [6.07, 6.45) is 1.74. The molecular weight excluding hydrogens is 639 g/mol. The first kappa shape index (κ1) is 30.6. The van der Waals surface area contributed by atoms with E-state index >= 15 is 0 Å². The molecule has 0 aliphatic carbocycles. The minimum absolute atomic E-state index is 0.0468. The Morgan fingerprint density at radius 2 is 1.73 bits per heavy atom. The molecule has 0 saturated carbocycles. The minimum atomic E-state index is -1.76. The topological polar surface area (TPSA) is 162 Å². The van der Waals surface area contributed by atoms with Gasteiger partial charge in [-0.2, -0.15) is 0 Å². The van der Waals surface area contributed by atoms with Crippen LogP contribution in [0.4, 0.5) is 5.69 Å². The first-order valence-electron chi connectivity index (χ1n) is 13.7. The van der Waals surface area contributed by atoms with E-state index < -0.39 is 56.2 Å². The third-order valence-electron chi connectivity index (χ3n) is 7.48. The van der Waals surface area contributed by atoms with Crippen LogP contribution in [0.25, 0.3) is 0 Å². The highest BCUT2D eigenvalue weighted by atomic mass is 32.2. The molecule has 2 aliphatic rings. The number of nitro groups is 1. The molecule has 2 fully saturated rings. The van der Waals surface area contributed by atoms with Crippen molar-refractivity contribution in [3.05, 3.63) is 117 Å². The van der Waals surface area contributed by atoms with E-state index in [0.717, 1.165) is 15.3 Å². The molecule has 0 bridgehead atoms. The Balaban J connectivity index is 1.21. The smallest absolute Gasteiger partial charge is 0.330 e. The highest BCUT2D eigenvalue weighted by Crippen LogP contribution is 2.45. The van der Waals surface area contributed by atoms with E-state index in [1.807, 2.05) is 30.3 Å². The maximum atomic E-state index is 14.0. The van der Waals surface area contributed by atoms with Crippen molar-refractivity contribution in [2.75, 3.05) is 0 Å². The van der Waals surface area contributed by atoms with Crippen LogP contribution in [0.2, 0.25) is 0 Å². The molecule has 0 spiro atoms. The molecule has 12 nitrogen and oxygen atoms in total. The Hall–Kier alpha value is -4.47. The number of thioether (sulfide) groups is 1. The number of carbonyl (C=O) groups is 3. The van der Waals surface area contributed by atoms with Crippen LogP contribution in [-0.4, -0.2) is 58.9 Å². The number of ether oxygens (including phenoxy) is 1. The molecule has 2 saturated heterocycles. The van der Waals surface area contributed by atoms with Crippen molar-refractivity contribution >= 4 is 57.6 Å². The number of nitrogens with one attached hydrogen (secondary N) is 1. The normalized spacial score (nSPS) is 21.9. The van der Waals surface area contributed by atoms with Crippen LogP contribution >= 0.6 is 23.3 Å². The first-order chi connectivity index (χ1) is 21.8. The maximum absolute atomic E-state index is 14.0. The van der Waals surface area contributed by atoms with Gasteiger partial charge in [0.05, 0.1) is 33.6 Å². The fraction of sp³-hybridized carbons (Fsp3) is 0.233. The minimum Gasteiger partial charge on any atom is -0.459 e. The average molecular weight is 664 g/mol.